The zero-order chi connectivity index (χ0) is 15.0. The molecule has 0 saturated heterocycles. The number of imidazole rings is 1. The Balaban J connectivity index is 2.09. The summed E-state index contributed by atoms with van der Waals surface area (Å²) in [6, 6.07) is 3.54. The van der Waals surface area contributed by atoms with E-state index in [1.165, 1.54) is 4.68 Å². The molecular formula is C12H10BrN5O3. The van der Waals surface area contributed by atoms with Gasteiger partial charge < -0.3 is 14.1 Å². The van der Waals surface area contributed by atoms with Crippen LogP contribution in [0.15, 0.2) is 33.7 Å². The first-order chi connectivity index (χ1) is 10.1. The fourth-order valence-electron chi connectivity index (χ4n) is 1.99. The smallest absolute Gasteiger partial charge is 0.358 e. The maximum atomic E-state index is 11.3. The summed E-state index contributed by atoms with van der Waals surface area (Å²) in [5.74, 6) is -0.509. The molecule has 3 heterocycles. The topological polar surface area (TPSA) is 99.0 Å². The molecule has 21 heavy (non-hydrogen) atoms. The van der Waals surface area contributed by atoms with Crippen LogP contribution in [0.3, 0.4) is 0 Å². The van der Waals surface area contributed by atoms with E-state index in [-0.39, 0.29) is 12.2 Å². The Labute approximate surface area is 127 Å². The van der Waals surface area contributed by atoms with Crippen molar-refractivity contribution in [1.29, 1.82) is 0 Å². The molecule has 0 saturated carbocycles. The quantitative estimate of drug-likeness (QED) is 0.769. The highest BCUT2D eigenvalue weighted by molar-refractivity contribution is 9.10. The van der Waals surface area contributed by atoms with Crippen molar-refractivity contribution in [2.75, 3.05) is 0 Å². The molecule has 0 amide bonds. The van der Waals surface area contributed by atoms with Crippen LogP contribution in [0.1, 0.15) is 16.2 Å². The van der Waals surface area contributed by atoms with Crippen LogP contribution in [0.25, 0.3) is 11.4 Å². The van der Waals surface area contributed by atoms with Crippen LogP contribution < -0.4 is 0 Å². The molecule has 3 aromatic rings. The van der Waals surface area contributed by atoms with Gasteiger partial charge in [-0.15, -0.1) is 5.10 Å². The van der Waals surface area contributed by atoms with Gasteiger partial charge >= 0.3 is 5.97 Å². The third kappa shape index (κ3) is 2.47. The van der Waals surface area contributed by atoms with E-state index in [1.54, 1.807) is 36.3 Å². The van der Waals surface area contributed by atoms with Crippen molar-refractivity contribution in [2.45, 2.75) is 6.54 Å². The maximum Gasteiger partial charge on any atom is 0.358 e. The molecule has 0 aliphatic carbocycles. The molecule has 8 nitrogen and oxygen atoms in total. The first kappa shape index (κ1) is 13.6. The minimum absolute atomic E-state index is 0.121. The minimum atomic E-state index is -1.14. The van der Waals surface area contributed by atoms with E-state index in [0.717, 1.165) is 0 Å². The number of hydrogen-bond donors (Lipinski definition) is 1. The van der Waals surface area contributed by atoms with Gasteiger partial charge in [-0.05, 0) is 28.1 Å². The summed E-state index contributed by atoms with van der Waals surface area (Å²) < 4.78 is 9.20. The molecular weight excluding hydrogens is 342 g/mol. The molecule has 0 aliphatic heterocycles. The highest BCUT2D eigenvalue weighted by Crippen LogP contribution is 2.23. The van der Waals surface area contributed by atoms with E-state index >= 15 is 0 Å². The lowest BCUT2D eigenvalue weighted by Crippen LogP contribution is -2.07. The van der Waals surface area contributed by atoms with Gasteiger partial charge in [0.05, 0.1) is 18.2 Å². The molecule has 3 aromatic heterocycles. The third-order valence-corrected chi connectivity index (χ3v) is 3.36. The summed E-state index contributed by atoms with van der Waals surface area (Å²) in [7, 11) is 1.77. The molecule has 3 rings (SSSR count). The van der Waals surface area contributed by atoms with Gasteiger partial charge in [0.2, 0.25) is 0 Å². The molecule has 108 valence electrons. The second kappa shape index (κ2) is 5.17. The van der Waals surface area contributed by atoms with Crippen LogP contribution >= 0.6 is 15.9 Å². The number of halogens is 1. The number of carboxylic acids is 1. The average molecular weight is 352 g/mol. The fraction of sp³-hybridized carbons (Fsp3) is 0.167. The first-order valence-corrected chi connectivity index (χ1v) is 6.73. The molecule has 1 N–H and O–H groups in total. The van der Waals surface area contributed by atoms with Crippen molar-refractivity contribution in [3.63, 3.8) is 0 Å². The summed E-state index contributed by atoms with van der Waals surface area (Å²) >= 11 is 3.22. The van der Waals surface area contributed by atoms with Gasteiger partial charge in [-0.25, -0.2) is 14.5 Å². The monoisotopic (exact) mass is 351 g/mol. The molecule has 0 fully saturated rings. The number of carbonyl (C=O) groups is 1. The lowest BCUT2D eigenvalue weighted by molar-refractivity contribution is 0.0691. The summed E-state index contributed by atoms with van der Waals surface area (Å²) in [5, 5.41) is 16.9. The van der Waals surface area contributed by atoms with Crippen LogP contribution in [0.4, 0.5) is 0 Å². The molecule has 0 atom stereocenters. The Morgan fingerprint density at radius 3 is 2.86 bits per heavy atom. The van der Waals surface area contributed by atoms with Crippen LogP contribution in [-0.2, 0) is 13.6 Å². The van der Waals surface area contributed by atoms with Crippen LogP contribution in [0.5, 0.6) is 0 Å². The predicted molar refractivity (Wildman–Crippen MR) is 74.7 cm³/mol. The van der Waals surface area contributed by atoms with E-state index in [1.807, 2.05) is 0 Å². The van der Waals surface area contributed by atoms with E-state index in [9.17, 15) is 9.90 Å². The Kier molecular flexibility index (Phi) is 3.34. The number of aromatic carboxylic acids is 1. The van der Waals surface area contributed by atoms with Crippen molar-refractivity contribution in [1.82, 2.24) is 24.5 Å². The lowest BCUT2D eigenvalue weighted by atomic mass is 10.2. The fourth-order valence-corrected chi connectivity index (χ4v) is 2.33. The second-order valence-electron chi connectivity index (χ2n) is 4.35. The Bertz CT molecular complexity index is 804. The SMILES string of the molecule is Cn1cncc1-c1c(C(=O)O)nnn1Cc1ccc(Br)o1. The van der Waals surface area contributed by atoms with Gasteiger partial charge in [0.25, 0.3) is 0 Å². The molecule has 0 bridgehead atoms. The van der Waals surface area contributed by atoms with Gasteiger partial charge in [0.15, 0.2) is 10.4 Å². The van der Waals surface area contributed by atoms with Gasteiger partial charge in [-0.3, -0.25) is 0 Å². The first-order valence-electron chi connectivity index (χ1n) is 5.94. The zero-order valence-corrected chi connectivity index (χ0v) is 12.5. The number of furan rings is 1. The van der Waals surface area contributed by atoms with E-state index in [2.05, 4.69) is 31.2 Å². The van der Waals surface area contributed by atoms with Gasteiger partial charge in [0.1, 0.15) is 18.0 Å². The summed E-state index contributed by atoms with van der Waals surface area (Å²) in [5.41, 5.74) is 0.877. The van der Waals surface area contributed by atoms with Crippen molar-refractivity contribution >= 4 is 21.9 Å². The van der Waals surface area contributed by atoms with E-state index in [4.69, 9.17) is 4.42 Å². The van der Waals surface area contributed by atoms with Crippen LogP contribution in [0, 0.1) is 0 Å². The molecule has 0 radical (unpaired) electrons. The number of aryl methyl sites for hydroxylation is 1. The van der Waals surface area contributed by atoms with Crippen molar-refractivity contribution in [2.24, 2.45) is 7.05 Å². The molecule has 0 spiro atoms. The number of nitrogens with zero attached hydrogens (tertiary/aromatic N) is 5. The van der Waals surface area contributed by atoms with Crippen molar-refractivity contribution < 1.29 is 14.3 Å². The molecule has 0 aromatic carbocycles. The van der Waals surface area contributed by atoms with Crippen molar-refractivity contribution in [3.05, 3.63) is 40.8 Å². The molecule has 9 heteroatoms. The Morgan fingerprint density at radius 1 is 1.48 bits per heavy atom. The summed E-state index contributed by atoms with van der Waals surface area (Å²) in [4.78, 5) is 15.3. The summed E-state index contributed by atoms with van der Waals surface area (Å²) in [6.07, 6.45) is 3.15. The predicted octanol–water partition coefficient (Wildman–Crippen LogP) is 1.78. The number of carboxylic acid groups (broad SMARTS) is 1. The zero-order valence-electron chi connectivity index (χ0n) is 10.9. The largest absolute Gasteiger partial charge is 0.476 e. The highest BCUT2D eigenvalue weighted by atomic mass is 79.9. The van der Waals surface area contributed by atoms with Gasteiger partial charge in [-0.2, -0.15) is 0 Å². The standard InChI is InChI=1S/C12H10BrN5O3/c1-17-6-14-4-8(17)11-10(12(19)20)15-16-18(11)5-7-2-3-9(13)21-7/h2-4,6H,5H2,1H3,(H,19,20). The molecule has 0 aliphatic rings. The number of aromatic nitrogens is 5. The van der Waals surface area contributed by atoms with E-state index < -0.39 is 5.97 Å². The van der Waals surface area contributed by atoms with E-state index in [0.29, 0.717) is 21.8 Å². The molecule has 0 unspecified atom stereocenters. The average Bonchev–Trinajstić information content (AvgIpc) is 3.11. The minimum Gasteiger partial charge on any atom is -0.476 e. The lowest BCUT2D eigenvalue weighted by Gasteiger charge is -2.06. The van der Waals surface area contributed by atoms with Crippen LogP contribution in [0.2, 0.25) is 0 Å². The number of rotatable bonds is 4. The Hall–Kier alpha value is -2.42. The maximum absolute atomic E-state index is 11.3. The third-order valence-electron chi connectivity index (χ3n) is 2.93. The van der Waals surface area contributed by atoms with Crippen LogP contribution in [-0.4, -0.2) is 35.6 Å². The number of hydrogen-bond acceptors (Lipinski definition) is 5. The second-order valence-corrected chi connectivity index (χ2v) is 5.13. The van der Waals surface area contributed by atoms with Gasteiger partial charge in [-0.1, -0.05) is 5.21 Å². The summed E-state index contributed by atoms with van der Waals surface area (Å²) in [6.45, 7) is 0.270. The highest BCUT2D eigenvalue weighted by Gasteiger charge is 2.23. The Morgan fingerprint density at radius 2 is 2.29 bits per heavy atom. The normalized spacial score (nSPS) is 11.0. The van der Waals surface area contributed by atoms with Gasteiger partial charge in [0, 0.05) is 7.05 Å². The van der Waals surface area contributed by atoms with Crippen molar-refractivity contribution in [3.8, 4) is 11.4 Å².